The van der Waals surface area contributed by atoms with Gasteiger partial charge in [-0.25, -0.2) is 4.79 Å². The minimum Gasteiger partial charge on any atom is -0.507 e. The van der Waals surface area contributed by atoms with Crippen molar-refractivity contribution in [1.29, 1.82) is 0 Å². The predicted molar refractivity (Wildman–Crippen MR) is 264 cm³/mol. The van der Waals surface area contributed by atoms with Crippen LogP contribution in [0.5, 0.6) is 11.5 Å². The number of carboxylic acids is 1. The second kappa shape index (κ2) is 20.4. The minimum atomic E-state index is -5.23. The zero-order valence-corrected chi connectivity index (χ0v) is 41.1. The van der Waals surface area contributed by atoms with Gasteiger partial charge in [0, 0.05) is 45.7 Å². The Morgan fingerprint density at radius 1 is 0.444 bits per heavy atom. The van der Waals surface area contributed by atoms with E-state index in [9.17, 15) is 59.0 Å². The third-order valence-corrected chi connectivity index (χ3v) is 13.0. The summed E-state index contributed by atoms with van der Waals surface area (Å²) in [4.78, 5) is 8.90. The molecule has 8 rings (SSSR count). The van der Waals surface area contributed by atoms with Gasteiger partial charge < -0.3 is 26.8 Å². The van der Waals surface area contributed by atoms with Gasteiger partial charge in [-0.15, -0.1) is 25.6 Å². The fourth-order valence-corrected chi connectivity index (χ4v) is 8.92. The second-order valence-corrected chi connectivity index (χ2v) is 19.2. The van der Waals surface area contributed by atoms with Crippen LogP contribution < -0.4 is 11.5 Å². The van der Waals surface area contributed by atoms with Crippen LogP contribution in [0.3, 0.4) is 0 Å². The van der Waals surface area contributed by atoms with E-state index in [0.717, 1.165) is 41.5 Å². The molecular formula is C45H32N10NaO13S3. The molecule has 8 aromatic carbocycles. The SMILES string of the molecule is Nc1cc(N)c(N=Nc2cc3c(O)c(N=Nc4ccc(S(=O)(=O)O)c5ccccc45)c(S(=O)(=O)O)cc3cc2S(=O)(=O)O)cc1N=Nc1ccc(-c2ccc(N=Nc3ccc(O)c(C(=O)O)c3)cc2)cc1.[Na]. The number of phenolic OH excluding ortho intramolecular Hbond substituents is 1. The van der Waals surface area contributed by atoms with E-state index in [1.807, 2.05) is 0 Å². The first-order valence-electron chi connectivity index (χ1n) is 20.0. The Hall–Kier alpha value is -7.92. The Bertz CT molecular complexity index is 3990. The van der Waals surface area contributed by atoms with Crippen LogP contribution >= 0.6 is 0 Å². The molecule has 0 aromatic heterocycles. The van der Waals surface area contributed by atoms with Crippen LogP contribution in [0, 0.1) is 0 Å². The van der Waals surface area contributed by atoms with Crippen molar-refractivity contribution in [3.05, 3.63) is 139 Å². The Morgan fingerprint density at radius 2 is 0.931 bits per heavy atom. The second-order valence-electron chi connectivity index (χ2n) is 15.0. The standard InChI is InChI=1S/C45H32N10O13S3.Na/c46-33-21-34(47)37(22-36(33)52-49-27-11-7-24(8-12-27)23-5-9-26(10-6-23)48-50-28-13-15-39(56)32(19-28)45(58)59)53-54-38-20-31-25(17-41(38)70(63,64)65)18-42(71(66,67)68)43(44(31)57)55-51-35-14-16-40(69(60,61)62)30-4-2-1-3-29(30)35;/h1-22,56-57H,46-47H2,(H,58,59)(H,60,61,62)(H,63,64,65)(H,66,67,68);. The number of carboxylic acid groups (broad SMARTS) is 1. The molecule has 0 aliphatic heterocycles. The summed E-state index contributed by atoms with van der Waals surface area (Å²) in [5, 5.41) is 62.4. The van der Waals surface area contributed by atoms with E-state index < -0.39 is 73.9 Å². The smallest absolute Gasteiger partial charge is 0.339 e. The molecule has 0 saturated carbocycles. The minimum absolute atomic E-state index is 0. The molecule has 0 fully saturated rings. The number of nitrogens with zero attached hydrogens (tertiary/aromatic N) is 8. The number of hydrogen-bond donors (Lipinski definition) is 8. The van der Waals surface area contributed by atoms with Crippen LogP contribution in [0.2, 0.25) is 0 Å². The summed E-state index contributed by atoms with van der Waals surface area (Å²) in [7, 11) is -15.1. The maximum Gasteiger partial charge on any atom is 0.339 e. The Labute approximate surface area is 429 Å². The van der Waals surface area contributed by atoms with Crippen molar-refractivity contribution in [1.82, 2.24) is 0 Å². The maximum absolute atomic E-state index is 12.6. The number of azo groups is 4. The van der Waals surface area contributed by atoms with E-state index in [1.54, 1.807) is 48.5 Å². The number of phenols is 2. The number of aromatic hydroxyl groups is 2. The van der Waals surface area contributed by atoms with Gasteiger partial charge in [0.2, 0.25) is 0 Å². The molecule has 0 spiro atoms. The summed E-state index contributed by atoms with van der Waals surface area (Å²) in [5.41, 5.74) is 13.3. The third kappa shape index (κ3) is 11.3. The maximum atomic E-state index is 12.6. The first-order chi connectivity index (χ1) is 33.5. The zero-order chi connectivity index (χ0) is 51.0. The number of hydrogen-bond acceptors (Lipinski definition) is 19. The Balaban J connectivity index is 0.00000760. The van der Waals surface area contributed by atoms with E-state index in [4.69, 9.17) is 11.5 Å². The molecule has 23 nitrogen and oxygen atoms in total. The molecular weight excluding hydrogens is 1010 g/mol. The molecule has 10 N–H and O–H groups in total. The number of benzene rings is 8. The van der Waals surface area contributed by atoms with Crippen LogP contribution in [-0.4, -0.2) is 89.8 Å². The summed E-state index contributed by atoms with van der Waals surface area (Å²) in [6.45, 7) is 0. The summed E-state index contributed by atoms with van der Waals surface area (Å²) in [6.07, 6.45) is 0. The van der Waals surface area contributed by atoms with Crippen molar-refractivity contribution in [2.24, 2.45) is 40.9 Å². The first-order valence-corrected chi connectivity index (χ1v) is 24.3. The fourth-order valence-electron chi connectivity index (χ4n) is 6.93. The van der Waals surface area contributed by atoms with Crippen molar-refractivity contribution in [2.45, 2.75) is 14.7 Å². The van der Waals surface area contributed by atoms with Crippen molar-refractivity contribution in [3.8, 4) is 22.6 Å². The van der Waals surface area contributed by atoms with Gasteiger partial charge in [-0.05, 0) is 101 Å². The fraction of sp³-hybridized carbons (Fsp3) is 0. The molecule has 8 aromatic rings. The van der Waals surface area contributed by atoms with Crippen LogP contribution in [-0.2, 0) is 30.4 Å². The van der Waals surface area contributed by atoms with Crippen LogP contribution in [0.4, 0.5) is 56.9 Å². The number of carbonyl (C=O) groups is 1. The van der Waals surface area contributed by atoms with E-state index in [1.165, 1.54) is 54.6 Å². The third-order valence-electron chi connectivity index (χ3n) is 10.4. The van der Waals surface area contributed by atoms with E-state index in [0.29, 0.717) is 11.4 Å². The molecule has 0 atom stereocenters. The van der Waals surface area contributed by atoms with Gasteiger partial charge in [-0.1, -0.05) is 48.5 Å². The molecule has 0 unspecified atom stereocenters. The van der Waals surface area contributed by atoms with Crippen molar-refractivity contribution in [3.63, 3.8) is 0 Å². The number of anilines is 2. The molecule has 0 amide bonds. The number of nitrogens with two attached hydrogens (primary N) is 2. The van der Waals surface area contributed by atoms with Gasteiger partial charge in [-0.2, -0.15) is 40.6 Å². The van der Waals surface area contributed by atoms with Gasteiger partial charge in [0.1, 0.15) is 48.7 Å². The average molecular weight is 1040 g/mol. The van der Waals surface area contributed by atoms with E-state index in [-0.39, 0.29) is 90.8 Å². The number of aromatic carboxylic acids is 1. The Morgan fingerprint density at radius 3 is 1.50 bits per heavy atom. The molecule has 1 radical (unpaired) electrons. The van der Waals surface area contributed by atoms with Crippen LogP contribution in [0.25, 0.3) is 32.7 Å². The van der Waals surface area contributed by atoms with Gasteiger partial charge in [-0.3, -0.25) is 13.7 Å². The average Bonchev–Trinajstić information content (AvgIpc) is 3.31. The van der Waals surface area contributed by atoms with E-state index >= 15 is 0 Å². The van der Waals surface area contributed by atoms with Gasteiger partial charge in [0.15, 0.2) is 5.75 Å². The summed E-state index contributed by atoms with van der Waals surface area (Å²) in [5.74, 6) is -2.66. The molecule has 0 aliphatic rings. The van der Waals surface area contributed by atoms with E-state index in [2.05, 4.69) is 40.9 Å². The number of rotatable bonds is 13. The molecule has 0 bridgehead atoms. The molecule has 27 heteroatoms. The van der Waals surface area contributed by atoms with Crippen molar-refractivity contribution >= 4 is 144 Å². The van der Waals surface area contributed by atoms with Crippen LogP contribution in [0.15, 0.2) is 189 Å². The molecule has 72 heavy (non-hydrogen) atoms. The van der Waals surface area contributed by atoms with Crippen molar-refractivity contribution < 1.29 is 59.0 Å². The molecule has 0 saturated heterocycles. The van der Waals surface area contributed by atoms with Crippen molar-refractivity contribution in [2.75, 3.05) is 11.5 Å². The number of nitrogen functional groups attached to an aromatic ring is 2. The van der Waals surface area contributed by atoms with Gasteiger partial charge >= 0.3 is 5.97 Å². The largest absolute Gasteiger partial charge is 0.507 e. The molecule has 359 valence electrons. The quantitative estimate of drug-likeness (QED) is 0.0230. The summed E-state index contributed by atoms with van der Waals surface area (Å²) in [6, 6.07) is 30.7. The topological polar surface area (TPSA) is 392 Å². The normalized spacial score (nSPS) is 12.4. The van der Waals surface area contributed by atoms with Gasteiger partial charge in [0.25, 0.3) is 30.4 Å². The van der Waals surface area contributed by atoms with Gasteiger partial charge in [0.05, 0.1) is 34.1 Å². The predicted octanol–water partition coefficient (Wildman–Crippen LogP) is 11.0. The number of fused-ring (bicyclic) bond motifs is 2. The zero-order valence-electron chi connectivity index (χ0n) is 36.7. The monoisotopic (exact) mass is 1040 g/mol. The molecule has 0 aliphatic carbocycles. The Kier molecular flexibility index (Phi) is 14.7. The summed E-state index contributed by atoms with van der Waals surface area (Å²) >= 11 is 0. The summed E-state index contributed by atoms with van der Waals surface area (Å²) < 4.78 is 105. The van der Waals surface area contributed by atoms with Crippen LogP contribution in [0.1, 0.15) is 10.4 Å². The molecule has 0 heterocycles. The first kappa shape index (κ1) is 51.9.